The number of nitrogens with one attached hydrogen (secondary N) is 2. The number of rotatable bonds is 5. The lowest BCUT2D eigenvalue weighted by Crippen LogP contribution is -2.44. The van der Waals surface area contributed by atoms with Crippen LogP contribution in [0.25, 0.3) is 0 Å². The summed E-state index contributed by atoms with van der Waals surface area (Å²) in [5.74, 6) is 0.355. The van der Waals surface area contributed by atoms with Gasteiger partial charge in [-0.25, -0.2) is 0 Å². The number of piperidine rings is 1. The molecule has 0 aliphatic carbocycles. The van der Waals surface area contributed by atoms with E-state index in [1.54, 1.807) is 18.2 Å². The third-order valence-corrected chi connectivity index (χ3v) is 6.22. The van der Waals surface area contributed by atoms with Gasteiger partial charge in [-0.15, -0.1) is 0 Å². The molecule has 0 radical (unpaired) electrons. The molecule has 1 saturated heterocycles. The molecule has 0 amide bonds. The van der Waals surface area contributed by atoms with E-state index in [-0.39, 0.29) is 0 Å². The van der Waals surface area contributed by atoms with Crippen molar-refractivity contribution < 1.29 is 8.42 Å². The van der Waals surface area contributed by atoms with Gasteiger partial charge < -0.3 is 5.32 Å². The van der Waals surface area contributed by atoms with Crippen molar-refractivity contribution in [2.24, 2.45) is 5.92 Å². The second-order valence-electron chi connectivity index (χ2n) is 5.16. The van der Waals surface area contributed by atoms with Gasteiger partial charge in [-0.1, -0.05) is 11.6 Å². The van der Waals surface area contributed by atoms with Crippen LogP contribution in [-0.2, 0) is 10.2 Å². The second-order valence-corrected chi connectivity index (χ2v) is 8.09. The summed E-state index contributed by atoms with van der Waals surface area (Å²) in [6.45, 7) is 1.93. The number of halogens is 2. The van der Waals surface area contributed by atoms with Gasteiger partial charge in [0.05, 0.1) is 10.7 Å². The lowest BCUT2D eigenvalue weighted by molar-refractivity contribution is 0.264. The summed E-state index contributed by atoms with van der Waals surface area (Å²) < 4.78 is 29.7. The minimum absolute atomic E-state index is 0.355. The molecule has 0 saturated carbocycles. The van der Waals surface area contributed by atoms with Crippen LogP contribution < -0.4 is 10.0 Å². The number of hydrogen-bond acceptors (Lipinski definition) is 3. The van der Waals surface area contributed by atoms with Gasteiger partial charge in [0, 0.05) is 17.6 Å². The summed E-state index contributed by atoms with van der Waals surface area (Å²) in [6.07, 6.45) is 1.94. The van der Waals surface area contributed by atoms with E-state index in [1.807, 2.05) is 7.05 Å². The quantitative estimate of drug-likeness (QED) is 0.804. The number of nitrogens with zero attached hydrogens (tertiary/aromatic N) is 1. The molecule has 0 bridgehead atoms. The van der Waals surface area contributed by atoms with Crippen molar-refractivity contribution in [2.75, 3.05) is 31.4 Å². The minimum atomic E-state index is -3.54. The van der Waals surface area contributed by atoms with Crippen molar-refractivity contribution >= 4 is 43.4 Å². The van der Waals surface area contributed by atoms with Crippen LogP contribution >= 0.6 is 27.5 Å². The van der Waals surface area contributed by atoms with E-state index in [0.29, 0.717) is 29.7 Å². The van der Waals surface area contributed by atoms with Crippen LogP contribution in [-0.4, -0.2) is 39.4 Å². The van der Waals surface area contributed by atoms with Gasteiger partial charge in [-0.2, -0.15) is 12.7 Å². The Hall–Kier alpha value is -0.340. The predicted molar refractivity (Wildman–Crippen MR) is 89.9 cm³/mol. The van der Waals surface area contributed by atoms with Crippen LogP contribution in [0.3, 0.4) is 0 Å². The van der Waals surface area contributed by atoms with Gasteiger partial charge in [0.1, 0.15) is 0 Å². The molecule has 2 rings (SSSR count). The molecule has 118 valence electrons. The molecule has 1 unspecified atom stereocenters. The zero-order valence-electron chi connectivity index (χ0n) is 11.8. The van der Waals surface area contributed by atoms with Gasteiger partial charge in [0.25, 0.3) is 0 Å². The molecule has 1 heterocycles. The second kappa shape index (κ2) is 7.28. The highest BCUT2D eigenvalue weighted by Crippen LogP contribution is 2.27. The average molecular weight is 397 g/mol. The molecular formula is C13H19BrClN3O2S. The van der Waals surface area contributed by atoms with Crippen LogP contribution in [0, 0.1) is 5.92 Å². The Morgan fingerprint density at radius 1 is 1.48 bits per heavy atom. The fraction of sp³-hybridized carbons (Fsp3) is 0.538. The molecule has 1 fully saturated rings. The van der Waals surface area contributed by atoms with Crippen LogP contribution in [0.15, 0.2) is 22.7 Å². The Kier molecular flexibility index (Phi) is 5.90. The third kappa shape index (κ3) is 4.56. The maximum Gasteiger partial charge on any atom is 0.301 e. The van der Waals surface area contributed by atoms with Gasteiger partial charge in [-0.3, -0.25) is 4.72 Å². The van der Waals surface area contributed by atoms with E-state index < -0.39 is 10.2 Å². The van der Waals surface area contributed by atoms with E-state index in [1.165, 1.54) is 4.31 Å². The zero-order valence-corrected chi connectivity index (χ0v) is 14.9. The summed E-state index contributed by atoms with van der Waals surface area (Å²) in [5, 5.41) is 3.58. The molecule has 8 heteroatoms. The fourth-order valence-corrected chi connectivity index (χ4v) is 4.23. The van der Waals surface area contributed by atoms with Crippen molar-refractivity contribution in [3.8, 4) is 0 Å². The third-order valence-electron chi connectivity index (χ3n) is 3.48. The maximum absolute atomic E-state index is 12.4. The predicted octanol–water partition coefficient (Wildman–Crippen LogP) is 2.69. The van der Waals surface area contributed by atoms with Gasteiger partial charge >= 0.3 is 10.2 Å². The molecule has 1 aliphatic rings. The largest absolute Gasteiger partial charge is 0.319 e. The van der Waals surface area contributed by atoms with E-state index in [4.69, 9.17) is 11.6 Å². The Bertz CT molecular complexity index is 595. The summed E-state index contributed by atoms with van der Waals surface area (Å²) in [5.41, 5.74) is 0.471. The molecule has 1 aliphatic heterocycles. The Morgan fingerprint density at radius 3 is 2.90 bits per heavy atom. The van der Waals surface area contributed by atoms with E-state index in [2.05, 4.69) is 26.0 Å². The minimum Gasteiger partial charge on any atom is -0.319 e. The zero-order chi connectivity index (χ0) is 15.5. The molecule has 5 nitrogen and oxygen atoms in total. The first-order valence-corrected chi connectivity index (χ1v) is 9.41. The van der Waals surface area contributed by atoms with Crippen molar-refractivity contribution in [3.05, 3.63) is 27.7 Å². The standard InChI is InChI=1S/C13H19BrClN3O2S/c1-16-8-10-3-2-6-18(9-10)21(19,20)17-11-4-5-12(14)13(15)7-11/h4-5,7,10,16-17H,2-3,6,8-9H2,1H3. The smallest absolute Gasteiger partial charge is 0.301 e. The normalized spacial score (nSPS) is 20.4. The maximum atomic E-state index is 12.4. The number of benzene rings is 1. The Balaban J connectivity index is 2.08. The molecule has 1 aromatic rings. The fourth-order valence-electron chi connectivity index (χ4n) is 2.47. The summed E-state index contributed by atoms with van der Waals surface area (Å²) >= 11 is 9.27. The highest BCUT2D eigenvalue weighted by Gasteiger charge is 2.28. The monoisotopic (exact) mass is 395 g/mol. The highest BCUT2D eigenvalue weighted by atomic mass is 79.9. The van der Waals surface area contributed by atoms with Crippen LogP contribution in [0.5, 0.6) is 0 Å². The lowest BCUT2D eigenvalue weighted by atomic mass is 10.00. The highest BCUT2D eigenvalue weighted by molar-refractivity contribution is 9.10. The molecule has 1 aromatic carbocycles. The molecule has 0 aromatic heterocycles. The first kappa shape index (κ1) is 17.0. The SMILES string of the molecule is CNCC1CCCN(S(=O)(=O)Nc2ccc(Br)c(Cl)c2)C1. The molecular weight excluding hydrogens is 378 g/mol. The van der Waals surface area contributed by atoms with E-state index >= 15 is 0 Å². The summed E-state index contributed by atoms with van der Waals surface area (Å²) in [4.78, 5) is 0. The van der Waals surface area contributed by atoms with Crippen molar-refractivity contribution in [2.45, 2.75) is 12.8 Å². The molecule has 21 heavy (non-hydrogen) atoms. The molecule has 2 N–H and O–H groups in total. The number of anilines is 1. The van der Waals surface area contributed by atoms with Gasteiger partial charge in [0.2, 0.25) is 0 Å². The number of hydrogen-bond donors (Lipinski definition) is 2. The topological polar surface area (TPSA) is 61.4 Å². The van der Waals surface area contributed by atoms with E-state index in [0.717, 1.165) is 23.9 Å². The van der Waals surface area contributed by atoms with Gasteiger partial charge in [0.15, 0.2) is 0 Å². The van der Waals surface area contributed by atoms with Crippen molar-refractivity contribution in [1.82, 2.24) is 9.62 Å². The molecule has 0 spiro atoms. The van der Waals surface area contributed by atoms with Crippen LogP contribution in [0.2, 0.25) is 5.02 Å². The molecule has 1 atom stereocenters. The lowest BCUT2D eigenvalue weighted by Gasteiger charge is -2.31. The van der Waals surface area contributed by atoms with Crippen molar-refractivity contribution in [3.63, 3.8) is 0 Å². The van der Waals surface area contributed by atoms with Crippen LogP contribution in [0.1, 0.15) is 12.8 Å². The summed E-state index contributed by atoms with van der Waals surface area (Å²) in [7, 11) is -1.65. The van der Waals surface area contributed by atoms with Crippen molar-refractivity contribution in [1.29, 1.82) is 0 Å². The van der Waals surface area contributed by atoms with Crippen LogP contribution in [0.4, 0.5) is 5.69 Å². The van der Waals surface area contributed by atoms with Gasteiger partial charge in [-0.05, 0) is 66.5 Å². The first-order chi connectivity index (χ1) is 9.92. The Morgan fingerprint density at radius 2 is 2.24 bits per heavy atom. The average Bonchev–Trinajstić information content (AvgIpc) is 2.43. The first-order valence-electron chi connectivity index (χ1n) is 6.80. The summed E-state index contributed by atoms with van der Waals surface area (Å²) in [6, 6.07) is 5.00. The van der Waals surface area contributed by atoms with E-state index in [9.17, 15) is 8.42 Å². The Labute approximate surface area is 139 Å².